The molecule has 5 heteroatoms. The van der Waals surface area contributed by atoms with E-state index in [4.69, 9.17) is 0 Å². The molecule has 1 aromatic carbocycles. The summed E-state index contributed by atoms with van der Waals surface area (Å²) in [5, 5.41) is 3.16. The number of amides is 2. The van der Waals surface area contributed by atoms with Crippen LogP contribution >= 0.6 is 0 Å². The first-order chi connectivity index (χ1) is 12.1. The molecule has 0 aromatic heterocycles. The van der Waals surface area contributed by atoms with Crippen LogP contribution in [0.3, 0.4) is 0 Å². The van der Waals surface area contributed by atoms with Crippen LogP contribution in [0.2, 0.25) is 0 Å². The van der Waals surface area contributed by atoms with Crippen LogP contribution < -0.4 is 5.32 Å². The lowest BCUT2D eigenvalue weighted by atomic mass is 10.0. The van der Waals surface area contributed by atoms with E-state index in [0.29, 0.717) is 0 Å². The van der Waals surface area contributed by atoms with E-state index in [-0.39, 0.29) is 12.1 Å². The van der Waals surface area contributed by atoms with Crippen molar-refractivity contribution < 1.29 is 4.79 Å². The minimum absolute atomic E-state index is 0.0759. The highest BCUT2D eigenvalue weighted by Gasteiger charge is 2.30. The summed E-state index contributed by atoms with van der Waals surface area (Å²) >= 11 is 0. The number of hydrogen-bond donors (Lipinski definition) is 1. The molecule has 0 aliphatic carbocycles. The van der Waals surface area contributed by atoms with Crippen molar-refractivity contribution in [3.8, 4) is 0 Å². The van der Waals surface area contributed by atoms with E-state index in [2.05, 4.69) is 53.4 Å². The molecule has 2 aliphatic heterocycles. The van der Waals surface area contributed by atoms with Crippen molar-refractivity contribution in [3.05, 3.63) is 35.9 Å². The highest BCUT2D eigenvalue weighted by molar-refractivity contribution is 5.75. The topological polar surface area (TPSA) is 38.8 Å². The summed E-state index contributed by atoms with van der Waals surface area (Å²) in [5.74, 6) is 0.782. The van der Waals surface area contributed by atoms with Crippen LogP contribution in [-0.2, 0) is 0 Å². The molecule has 2 atom stereocenters. The van der Waals surface area contributed by atoms with Gasteiger partial charge in [-0.3, -0.25) is 0 Å². The SMILES string of the molecule is CC1CCCN(CCNC(=O)N2CCN(C)CC2c2ccccc2)C1. The van der Waals surface area contributed by atoms with Gasteiger partial charge in [-0.1, -0.05) is 37.3 Å². The Hall–Kier alpha value is -1.59. The summed E-state index contributed by atoms with van der Waals surface area (Å²) in [7, 11) is 2.13. The van der Waals surface area contributed by atoms with Crippen LogP contribution in [0, 0.1) is 5.92 Å². The zero-order valence-electron chi connectivity index (χ0n) is 15.7. The molecule has 2 saturated heterocycles. The third-order valence-corrected chi connectivity index (χ3v) is 5.47. The Morgan fingerprint density at radius 1 is 1.16 bits per heavy atom. The number of urea groups is 1. The van der Waals surface area contributed by atoms with Crippen molar-refractivity contribution in [2.45, 2.75) is 25.8 Å². The van der Waals surface area contributed by atoms with Gasteiger partial charge in [-0.2, -0.15) is 0 Å². The van der Waals surface area contributed by atoms with Crippen molar-refractivity contribution in [2.75, 3.05) is 52.9 Å². The smallest absolute Gasteiger partial charge is 0.318 e. The molecule has 0 saturated carbocycles. The van der Waals surface area contributed by atoms with Crippen molar-refractivity contribution in [2.24, 2.45) is 5.92 Å². The first-order valence-electron chi connectivity index (χ1n) is 9.64. The van der Waals surface area contributed by atoms with Gasteiger partial charge in [0.1, 0.15) is 0 Å². The number of nitrogens with one attached hydrogen (secondary N) is 1. The first-order valence-corrected chi connectivity index (χ1v) is 9.64. The predicted octanol–water partition coefficient (Wildman–Crippen LogP) is 2.42. The second-order valence-electron chi connectivity index (χ2n) is 7.66. The number of hydrogen-bond acceptors (Lipinski definition) is 3. The number of likely N-dealkylation sites (tertiary alicyclic amines) is 1. The molecule has 0 spiro atoms. The van der Waals surface area contributed by atoms with Crippen LogP contribution in [0.4, 0.5) is 4.79 Å². The number of carbonyl (C=O) groups excluding carboxylic acids is 1. The molecule has 2 fully saturated rings. The first kappa shape index (κ1) is 18.2. The average Bonchev–Trinajstić information content (AvgIpc) is 2.62. The Bertz CT molecular complexity index is 550. The normalized spacial score (nSPS) is 25.8. The third-order valence-electron chi connectivity index (χ3n) is 5.47. The maximum Gasteiger partial charge on any atom is 0.318 e. The standard InChI is InChI=1S/C20H32N4O/c1-17-7-6-11-23(15-17)12-10-21-20(25)24-14-13-22(2)16-19(24)18-8-4-3-5-9-18/h3-5,8-9,17,19H,6-7,10-16H2,1-2H3,(H,21,25). The minimum Gasteiger partial charge on any atom is -0.337 e. The summed E-state index contributed by atoms with van der Waals surface area (Å²) in [6, 6.07) is 10.6. The van der Waals surface area contributed by atoms with Gasteiger partial charge in [0, 0.05) is 39.3 Å². The number of rotatable bonds is 4. The van der Waals surface area contributed by atoms with Gasteiger partial charge >= 0.3 is 6.03 Å². The second-order valence-corrected chi connectivity index (χ2v) is 7.66. The van der Waals surface area contributed by atoms with Crippen LogP contribution in [0.5, 0.6) is 0 Å². The Morgan fingerprint density at radius 2 is 1.96 bits per heavy atom. The van der Waals surface area contributed by atoms with Gasteiger partial charge < -0.3 is 20.0 Å². The van der Waals surface area contributed by atoms with Gasteiger partial charge in [0.2, 0.25) is 0 Å². The molecule has 2 aliphatic rings. The van der Waals surface area contributed by atoms with E-state index in [1.165, 1.54) is 24.9 Å². The van der Waals surface area contributed by atoms with Crippen LogP contribution in [0.15, 0.2) is 30.3 Å². The zero-order chi connectivity index (χ0) is 17.6. The fourth-order valence-corrected chi connectivity index (χ4v) is 4.04. The lowest BCUT2D eigenvalue weighted by Gasteiger charge is -2.40. The van der Waals surface area contributed by atoms with Gasteiger partial charge in [-0.05, 0) is 37.9 Å². The van der Waals surface area contributed by atoms with E-state index < -0.39 is 0 Å². The fourth-order valence-electron chi connectivity index (χ4n) is 4.04. The summed E-state index contributed by atoms with van der Waals surface area (Å²) in [6.07, 6.45) is 2.62. The van der Waals surface area contributed by atoms with Crippen molar-refractivity contribution >= 4 is 6.03 Å². The number of carbonyl (C=O) groups is 1. The number of benzene rings is 1. The third kappa shape index (κ3) is 4.95. The molecule has 3 rings (SSSR count). The van der Waals surface area contributed by atoms with Gasteiger partial charge in [-0.25, -0.2) is 4.79 Å². The van der Waals surface area contributed by atoms with Crippen molar-refractivity contribution in [3.63, 3.8) is 0 Å². The van der Waals surface area contributed by atoms with Crippen molar-refractivity contribution in [1.82, 2.24) is 20.0 Å². The molecule has 0 bridgehead atoms. The lowest BCUT2D eigenvalue weighted by Crippen LogP contribution is -2.53. The molecule has 1 N–H and O–H groups in total. The van der Waals surface area contributed by atoms with E-state index in [0.717, 1.165) is 45.2 Å². The van der Waals surface area contributed by atoms with Gasteiger partial charge in [-0.15, -0.1) is 0 Å². The molecule has 1 aromatic rings. The molecule has 25 heavy (non-hydrogen) atoms. The highest BCUT2D eigenvalue weighted by Crippen LogP contribution is 2.24. The molecular weight excluding hydrogens is 312 g/mol. The highest BCUT2D eigenvalue weighted by atomic mass is 16.2. The summed E-state index contributed by atoms with van der Waals surface area (Å²) < 4.78 is 0. The summed E-state index contributed by atoms with van der Waals surface area (Å²) in [5.41, 5.74) is 1.22. The number of likely N-dealkylation sites (N-methyl/N-ethyl adjacent to an activating group) is 1. The molecule has 5 nitrogen and oxygen atoms in total. The quantitative estimate of drug-likeness (QED) is 0.912. The fraction of sp³-hybridized carbons (Fsp3) is 0.650. The summed E-state index contributed by atoms with van der Waals surface area (Å²) in [6.45, 7) is 8.95. The van der Waals surface area contributed by atoms with Gasteiger partial charge in [0.05, 0.1) is 6.04 Å². The van der Waals surface area contributed by atoms with Crippen LogP contribution in [0.1, 0.15) is 31.4 Å². The van der Waals surface area contributed by atoms with Gasteiger partial charge in [0.15, 0.2) is 0 Å². The average molecular weight is 345 g/mol. The molecule has 138 valence electrons. The van der Waals surface area contributed by atoms with Crippen molar-refractivity contribution in [1.29, 1.82) is 0 Å². The Labute approximate surface area is 152 Å². The molecular formula is C20H32N4O. The molecule has 0 radical (unpaired) electrons. The van der Waals surface area contributed by atoms with Crippen LogP contribution in [0.25, 0.3) is 0 Å². The number of piperazine rings is 1. The monoisotopic (exact) mass is 344 g/mol. The predicted molar refractivity (Wildman–Crippen MR) is 102 cm³/mol. The summed E-state index contributed by atoms with van der Waals surface area (Å²) in [4.78, 5) is 19.6. The van der Waals surface area contributed by atoms with Crippen LogP contribution in [-0.4, -0.2) is 73.6 Å². The van der Waals surface area contributed by atoms with E-state index in [9.17, 15) is 4.79 Å². The molecule has 2 amide bonds. The zero-order valence-corrected chi connectivity index (χ0v) is 15.7. The Kier molecular flexibility index (Phi) is 6.32. The minimum atomic E-state index is 0.0759. The van der Waals surface area contributed by atoms with Gasteiger partial charge in [0.25, 0.3) is 0 Å². The second kappa shape index (κ2) is 8.68. The Morgan fingerprint density at radius 3 is 2.72 bits per heavy atom. The largest absolute Gasteiger partial charge is 0.337 e. The molecule has 2 heterocycles. The number of piperidine rings is 1. The van der Waals surface area contributed by atoms with E-state index in [1.807, 2.05) is 11.0 Å². The number of nitrogens with zero attached hydrogens (tertiary/aromatic N) is 3. The van der Waals surface area contributed by atoms with E-state index in [1.54, 1.807) is 0 Å². The molecule has 2 unspecified atom stereocenters. The Balaban J connectivity index is 1.54. The lowest BCUT2D eigenvalue weighted by molar-refractivity contribution is 0.107. The van der Waals surface area contributed by atoms with E-state index >= 15 is 0 Å². The maximum absolute atomic E-state index is 12.8. The maximum atomic E-state index is 12.8.